The van der Waals surface area contributed by atoms with Crippen molar-refractivity contribution < 1.29 is 14.7 Å². The molecule has 0 radical (unpaired) electrons. The average Bonchev–Trinajstić information content (AvgIpc) is 2.55. The summed E-state index contributed by atoms with van der Waals surface area (Å²) in [4.78, 5) is 35.6. The van der Waals surface area contributed by atoms with E-state index in [1.54, 1.807) is 31.2 Å². The van der Waals surface area contributed by atoms with Crippen LogP contribution in [0.15, 0.2) is 29.1 Å². The number of nitrogens with one attached hydrogen (secondary N) is 1. The minimum absolute atomic E-state index is 0.211. The lowest BCUT2D eigenvalue weighted by Crippen LogP contribution is -2.43. The first kappa shape index (κ1) is 16.6. The Hall–Kier alpha value is -2.77. The summed E-state index contributed by atoms with van der Waals surface area (Å²) < 4.78 is 1.04. The number of amides is 1. The molecule has 0 saturated carbocycles. The van der Waals surface area contributed by atoms with Gasteiger partial charge >= 0.3 is 5.97 Å². The second-order valence-corrected chi connectivity index (χ2v) is 5.30. The zero-order chi connectivity index (χ0) is 17.0. The van der Waals surface area contributed by atoms with Gasteiger partial charge in [0.15, 0.2) is 0 Å². The summed E-state index contributed by atoms with van der Waals surface area (Å²) in [5, 5.41) is 19.2. The average molecular weight is 318 g/mol. The van der Waals surface area contributed by atoms with E-state index in [2.05, 4.69) is 15.6 Å². The highest BCUT2D eigenvalue weighted by molar-refractivity contribution is 5.84. The van der Waals surface area contributed by atoms with Gasteiger partial charge in [-0.15, -0.1) is 5.10 Å². The first-order valence-electron chi connectivity index (χ1n) is 7.29. The molecule has 1 aromatic heterocycles. The Labute approximate surface area is 132 Å². The van der Waals surface area contributed by atoms with Gasteiger partial charge in [-0.05, 0) is 18.1 Å². The summed E-state index contributed by atoms with van der Waals surface area (Å²) in [5.41, 5.74) is 0.0222. The van der Waals surface area contributed by atoms with Gasteiger partial charge in [0.1, 0.15) is 18.1 Å². The second kappa shape index (κ2) is 6.99. The number of rotatable bonds is 6. The Balaban J connectivity index is 2.47. The first-order valence-corrected chi connectivity index (χ1v) is 7.29. The molecule has 2 atom stereocenters. The van der Waals surface area contributed by atoms with E-state index >= 15 is 0 Å². The monoisotopic (exact) mass is 318 g/mol. The summed E-state index contributed by atoms with van der Waals surface area (Å²) >= 11 is 0. The fourth-order valence-corrected chi connectivity index (χ4v) is 2.29. The Morgan fingerprint density at radius 1 is 1.35 bits per heavy atom. The van der Waals surface area contributed by atoms with Gasteiger partial charge in [-0.2, -0.15) is 4.68 Å². The van der Waals surface area contributed by atoms with Crippen LogP contribution in [-0.2, 0) is 9.59 Å². The van der Waals surface area contributed by atoms with E-state index in [0.717, 1.165) is 4.68 Å². The molecule has 1 heterocycles. The Bertz CT molecular complexity index is 786. The molecule has 2 rings (SSSR count). The van der Waals surface area contributed by atoms with Crippen molar-refractivity contribution in [3.05, 3.63) is 34.6 Å². The van der Waals surface area contributed by atoms with E-state index in [-0.39, 0.29) is 5.92 Å². The zero-order valence-electron chi connectivity index (χ0n) is 12.9. The molecule has 0 bridgehead atoms. The highest BCUT2D eigenvalue weighted by Crippen LogP contribution is 2.19. The molecule has 8 nitrogen and oxygen atoms in total. The largest absolute Gasteiger partial charge is 0.480 e. The van der Waals surface area contributed by atoms with Crippen LogP contribution in [0.25, 0.3) is 10.9 Å². The number of hydrogen-bond donors (Lipinski definition) is 2. The minimum Gasteiger partial charge on any atom is -0.480 e. The van der Waals surface area contributed by atoms with E-state index in [1.807, 2.05) is 6.92 Å². The van der Waals surface area contributed by atoms with Crippen molar-refractivity contribution in [2.75, 3.05) is 6.54 Å². The number of carboxylic acid groups (broad SMARTS) is 1. The van der Waals surface area contributed by atoms with E-state index in [1.165, 1.54) is 0 Å². The fourth-order valence-electron chi connectivity index (χ4n) is 2.29. The summed E-state index contributed by atoms with van der Waals surface area (Å²) in [7, 11) is 0. The molecule has 1 amide bonds. The predicted molar refractivity (Wildman–Crippen MR) is 82.9 cm³/mol. The third-order valence-electron chi connectivity index (χ3n) is 3.72. The van der Waals surface area contributed by atoms with Gasteiger partial charge in [-0.3, -0.25) is 14.4 Å². The summed E-state index contributed by atoms with van der Waals surface area (Å²) in [5.74, 6) is -1.93. The number of nitrogens with zero attached hydrogens (tertiary/aromatic N) is 3. The van der Waals surface area contributed by atoms with Crippen LogP contribution in [0.3, 0.4) is 0 Å². The number of carboxylic acids is 1. The Morgan fingerprint density at radius 2 is 2.04 bits per heavy atom. The van der Waals surface area contributed by atoms with Gasteiger partial charge in [0.2, 0.25) is 5.91 Å². The summed E-state index contributed by atoms with van der Waals surface area (Å²) in [6.45, 7) is 3.16. The third kappa shape index (κ3) is 3.53. The maximum absolute atomic E-state index is 12.6. The highest BCUT2D eigenvalue weighted by atomic mass is 16.4. The normalized spacial score (nSPS) is 13.5. The van der Waals surface area contributed by atoms with Crippen LogP contribution < -0.4 is 10.9 Å². The molecule has 23 heavy (non-hydrogen) atoms. The minimum atomic E-state index is -1.15. The van der Waals surface area contributed by atoms with Crippen molar-refractivity contribution in [1.29, 1.82) is 0 Å². The Morgan fingerprint density at radius 3 is 2.70 bits per heavy atom. The van der Waals surface area contributed by atoms with Crippen LogP contribution >= 0.6 is 0 Å². The number of aliphatic carboxylic acids is 1. The van der Waals surface area contributed by atoms with E-state index in [4.69, 9.17) is 5.11 Å². The zero-order valence-corrected chi connectivity index (χ0v) is 12.9. The lowest BCUT2D eigenvalue weighted by atomic mass is 9.98. The maximum atomic E-state index is 12.6. The van der Waals surface area contributed by atoms with Crippen molar-refractivity contribution in [2.45, 2.75) is 26.3 Å². The van der Waals surface area contributed by atoms with Gasteiger partial charge in [0.05, 0.1) is 5.39 Å². The standard InChI is InChI=1S/C15H18N4O4/c1-3-9(2)13(14(22)16-8-12(20)21)19-15(23)10-6-4-5-7-11(10)17-18-19/h4-7,9,13H,3,8H2,1-2H3,(H,16,22)(H,20,21). The number of aromatic nitrogens is 3. The molecule has 2 unspecified atom stereocenters. The van der Waals surface area contributed by atoms with Crippen molar-refractivity contribution in [3.63, 3.8) is 0 Å². The van der Waals surface area contributed by atoms with Crippen molar-refractivity contribution in [1.82, 2.24) is 20.3 Å². The predicted octanol–water partition coefficient (Wildman–Crippen LogP) is 0.579. The molecule has 2 aromatic rings. The topological polar surface area (TPSA) is 114 Å². The van der Waals surface area contributed by atoms with Crippen LogP contribution in [0.5, 0.6) is 0 Å². The van der Waals surface area contributed by atoms with E-state index < -0.39 is 30.0 Å². The lowest BCUT2D eigenvalue weighted by Gasteiger charge is -2.22. The van der Waals surface area contributed by atoms with E-state index in [0.29, 0.717) is 17.3 Å². The molecule has 0 fully saturated rings. The number of fused-ring (bicyclic) bond motifs is 1. The SMILES string of the molecule is CCC(C)C(C(=O)NCC(=O)O)n1nnc2ccccc2c1=O. The van der Waals surface area contributed by atoms with Gasteiger partial charge in [0, 0.05) is 0 Å². The number of hydrogen-bond acceptors (Lipinski definition) is 5. The molecule has 0 aliphatic rings. The highest BCUT2D eigenvalue weighted by Gasteiger charge is 2.29. The van der Waals surface area contributed by atoms with Gasteiger partial charge < -0.3 is 10.4 Å². The number of carbonyl (C=O) groups excluding carboxylic acids is 1. The molecule has 8 heteroatoms. The van der Waals surface area contributed by atoms with Gasteiger partial charge in [-0.1, -0.05) is 37.6 Å². The molecule has 2 N–H and O–H groups in total. The van der Waals surface area contributed by atoms with Crippen molar-refractivity contribution in [3.8, 4) is 0 Å². The van der Waals surface area contributed by atoms with Gasteiger partial charge in [-0.25, -0.2) is 0 Å². The molecule has 0 aliphatic heterocycles. The molecular formula is C15H18N4O4. The molecule has 122 valence electrons. The number of benzene rings is 1. The van der Waals surface area contributed by atoms with Crippen LogP contribution in [0.2, 0.25) is 0 Å². The Kier molecular flexibility index (Phi) is 5.05. The van der Waals surface area contributed by atoms with Crippen molar-refractivity contribution in [2.24, 2.45) is 5.92 Å². The molecular weight excluding hydrogens is 300 g/mol. The van der Waals surface area contributed by atoms with Gasteiger partial charge in [0.25, 0.3) is 5.56 Å². The maximum Gasteiger partial charge on any atom is 0.322 e. The smallest absolute Gasteiger partial charge is 0.322 e. The van der Waals surface area contributed by atoms with Crippen LogP contribution in [0.1, 0.15) is 26.3 Å². The van der Waals surface area contributed by atoms with Crippen LogP contribution in [0.4, 0.5) is 0 Å². The van der Waals surface area contributed by atoms with Crippen molar-refractivity contribution >= 4 is 22.8 Å². The molecule has 0 saturated heterocycles. The molecule has 1 aromatic carbocycles. The quantitative estimate of drug-likeness (QED) is 0.805. The number of carbonyl (C=O) groups is 2. The van der Waals surface area contributed by atoms with Crippen LogP contribution in [-0.4, -0.2) is 38.5 Å². The first-order chi connectivity index (χ1) is 11.0. The molecule has 0 spiro atoms. The third-order valence-corrected chi connectivity index (χ3v) is 3.72. The summed E-state index contributed by atoms with van der Waals surface area (Å²) in [6, 6.07) is 5.82. The fraction of sp³-hybridized carbons (Fsp3) is 0.400. The summed E-state index contributed by atoms with van der Waals surface area (Å²) in [6.07, 6.45) is 0.617. The second-order valence-electron chi connectivity index (χ2n) is 5.30. The van der Waals surface area contributed by atoms with Crippen LogP contribution in [0, 0.1) is 5.92 Å². The van der Waals surface area contributed by atoms with E-state index in [9.17, 15) is 14.4 Å². The lowest BCUT2D eigenvalue weighted by molar-refractivity contribution is -0.138. The molecule has 0 aliphatic carbocycles.